The van der Waals surface area contributed by atoms with Crippen molar-refractivity contribution in [2.45, 2.75) is 6.29 Å². The van der Waals surface area contributed by atoms with Gasteiger partial charge in [0.25, 0.3) is 0 Å². The lowest BCUT2D eigenvalue weighted by Crippen LogP contribution is -2.10. The van der Waals surface area contributed by atoms with E-state index < -0.39 is 5.69 Å². The highest BCUT2D eigenvalue weighted by Crippen LogP contribution is 2.02. The second kappa shape index (κ2) is 6.64. The predicted octanol–water partition coefficient (Wildman–Crippen LogP) is -0.522. The molecular weight excluding hydrogens is 216 g/mol. The topological polar surface area (TPSA) is 120 Å². The number of ether oxygens (including phenoxy) is 2. The SMILES string of the molecule is Nc1ccnc(=O)[nH]1.O=NCC1OCCO1. The second-order valence-electron chi connectivity index (χ2n) is 2.81. The second-order valence-corrected chi connectivity index (χ2v) is 2.81. The number of anilines is 1. The largest absolute Gasteiger partial charge is 0.385 e. The number of nitroso groups, excluding NO2 is 1. The molecule has 1 saturated heterocycles. The number of rotatable bonds is 2. The van der Waals surface area contributed by atoms with E-state index in [1.165, 1.54) is 12.3 Å². The zero-order chi connectivity index (χ0) is 11.8. The molecule has 0 bridgehead atoms. The Labute approximate surface area is 90.8 Å². The van der Waals surface area contributed by atoms with E-state index >= 15 is 0 Å². The van der Waals surface area contributed by atoms with Crippen LogP contribution in [-0.2, 0) is 9.47 Å². The molecule has 0 spiro atoms. The number of H-pyrrole nitrogens is 1. The van der Waals surface area contributed by atoms with E-state index in [0.29, 0.717) is 19.0 Å². The highest BCUT2D eigenvalue weighted by molar-refractivity contribution is 5.22. The van der Waals surface area contributed by atoms with Gasteiger partial charge in [0.05, 0.1) is 13.2 Å². The van der Waals surface area contributed by atoms with Crippen molar-refractivity contribution in [1.82, 2.24) is 9.97 Å². The molecule has 3 N–H and O–H groups in total. The van der Waals surface area contributed by atoms with E-state index in [-0.39, 0.29) is 12.8 Å². The molecule has 1 aliphatic heterocycles. The zero-order valence-electron chi connectivity index (χ0n) is 8.46. The quantitative estimate of drug-likeness (QED) is 0.657. The van der Waals surface area contributed by atoms with Crippen LogP contribution in [0.3, 0.4) is 0 Å². The van der Waals surface area contributed by atoms with Crippen LogP contribution >= 0.6 is 0 Å². The van der Waals surface area contributed by atoms with Gasteiger partial charge in [0, 0.05) is 6.20 Å². The fraction of sp³-hybridized carbons (Fsp3) is 0.500. The number of aromatic nitrogens is 2. The van der Waals surface area contributed by atoms with Gasteiger partial charge in [-0.1, -0.05) is 5.18 Å². The molecule has 0 aliphatic carbocycles. The molecule has 1 aromatic rings. The van der Waals surface area contributed by atoms with Crippen molar-refractivity contribution in [3.8, 4) is 0 Å². The molecule has 2 rings (SSSR count). The van der Waals surface area contributed by atoms with Gasteiger partial charge in [-0.3, -0.25) is 4.98 Å². The minimum atomic E-state index is -0.412. The summed E-state index contributed by atoms with van der Waals surface area (Å²) < 4.78 is 9.75. The number of hydrogen-bond acceptors (Lipinski definition) is 7. The predicted molar refractivity (Wildman–Crippen MR) is 55.6 cm³/mol. The lowest BCUT2D eigenvalue weighted by atomic mass is 10.6. The minimum Gasteiger partial charge on any atom is -0.385 e. The number of nitrogen functional groups attached to an aromatic ring is 1. The smallest absolute Gasteiger partial charge is 0.346 e. The van der Waals surface area contributed by atoms with Crippen molar-refractivity contribution in [1.29, 1.82) is 0 Å². The van der Waals surface area contributed by atoms with E-state index in [0.717, 1.165) is 0 Å². The average molecular weight is 228 g/mol. The summed E-state index contributed by atoms with van der Waals surface area (Å²) in [5.41, 5.74) is 4.75. The molecule has 0 unspecified atom stereocenters. The van der Waals surface area contributed by atoms with Crippen molar-refractivity contribution < 1.29 is 9.47 Å². The molecule has 8 nitrogen and oxygen atoms in total. The lowest BCUT2D eigenvalue weighted by molar-refractivity contribution is -0.0328. The average Bonchev–Trinajstić information content (AvgIpc) is 2.71. The molecule has 2 heterocycles. The van der Waals surface area contributed by atoms with Crippen LogP contribution in [-0.4, -0.2) is 36.0 Å². The molecule has 0 radical (unpaired) electrons. The van der Waals surface area contributed by atoms with E-state index in [1.807, 2.05) is 0 Å². The third-order valence-electron chi connectivity index (χ3n) is 1.61. The van der Waals surface area contributed by atoms with Gasteiger partial charge in [-0.25, -0.2) is 9.78 Å². The maximum Gasteiger partial charge on any atom is 0.346 e. The summed E-state index contributed by atoms with van der Waals surface area (Å²) in [5.74, 6) is 0.338. The van der Waals surface area contributed by atoms with Crippen LogP contribution in [0.15, 0.2) is 22.2 Å². The summed E-state index contributed by atoms with van der Waals surface area (Å²) in [4.78, 5) is 25.4. The van der Waals surface area contributed by atoms with Gasteiger partial charge in [-0.15, -0.1) is 0 Å². The fourth-order valence-corrected chi connectivity index (χ4v) is 0.956. The first kappa shape index (κ1) is 12.3. The Bertz CT molecular complexity index is 374. The van der Waals surface area contributed by atoms with E-state index in [9.17, 15) is 9.70 Å². The Morgan fingerprint density at radius 3 is 2.69 bits per heavy atom. The number of aromatic amines is 1. The van der Waals surface area contributed by atoms with Crippen LogP contribution in [0.5, 0.6) is 0 Å². The summed E-state index contributed by atoms with van der Waals surface area (Å²) >= 11 is 0. The monoisotopic (exact) mass is 228 g/mol. The summed E-state index contributed by atoms with van der Waals surface area (Å²) in [6, 6.07) is 1.52. The van der Waals surface area contributed by atoms with Gasteiger partial charge in [0.1, 0.15) is 12.4 Å². The van der Waals surface area contributed by atoms with Crippen molar-refractivity contribution >= 4 is 5.82 Å². The Kier molecular flexibility index (Phi) is 5.09. The first-order valence-corrected chi connectivity index (χ1v) is 4.55. The molecule has 88 valence electrons. The number of nitrogens with zero attached hydrogens (tertiary/aromatic N) is 2. The molecule has 0 saturated carbocycles. The summed E-state index contributed by atoms with van der Waals surface area (Å²) in [7, 11) is 0. The van der Waals surface area contributed by atoms with Crippen LogP contribution in [0.2, 0.25) is 0 Å². The molecule has 1 aromatic heterocycles. The van der Waals surface area contributed by atoms with Gasteiger partial charge in [-0.05, 0) is 6.07 Å². The Hall–Kier alpha value is -1.80. The molecule has 0 amide bonds. The molecular formula is C8H12N4O4. The maximum atomic E-state index is 10.2. The van der Waals surface area contributed by atoms with E-state index in [2.05, 4.69) is 15.1 Å². The Morgan fingerprint density at radius 2 is 2.25 bits per heavy atom. The normalized spacial score (nSPS) is 15.2. The van der Waals surface area contributed by atoms with Crippen LogP contribution in [0.1, 0.15) is 0 Å². The van der Waals surface area contributed by atoms with Gasteiger partial charge in [-0.2, -0.15) is 4.91 Å². The third kappa shape index (κ3) is 4.62. The highest BCUT2D eigenvalue weighted by atomic mass is 16.7. The van der Waals surface area contributed by atoms with Crippen LogP contribution in [0.25, 0.3) is 0 Å². The van der Waals surface area contributed by atoms with Crippen LogP contribution in [0.4, 0.5) is 5.82 Å². The first-order valence-electron chi connectivity index (χ1n) is 4.55. The Balaban J connectivity index is 0.000000160. The van der Waals surface area contributed by atoms with Crippen LogP contribution < -0.4 is 11.4 Å². The Morgan fingerprint density at radius 1 is 1.56 bits per heavy atom. The number of nitrogens with two attached hydrogens (primary N) is 1. The van der Waals surface area contributed by atoms with Gasteiger partial charge >= 0.3 is 5.69 Å². The first-order chi connectivity index (χ1) is 7.72. The summed E-state index contributed by atoms with van der Waals surface area (Å²) in [5, 5.41) is 2.62. The molecule has 1 aliphatic rings. The molecule has 1 fully saturated rings. The summed E-state index contributed by atoms with van der Waals surface area (Å²) in [6.45, 7) is 1.28. The zero-order valence-corrected chi connectivity index (χ0v) is 8.46. The van der Waals surface area contributed by atoms with Crippen molar-refractivity contribution in [2.24, 2.45) is 5.18 Å². The highest BCUT2D eigenvalue weighted by Gasteiger charge is 2.14. The van der Waals surface area contributed by atoms with Gasteiger partial charge < -0.3 is 15.2 Å². The fourth-order valence-electron chi connectivity index (χ4n) is 0.956. The maximum absolute atomic E-state index is 10.2. The third-order valence-corrected chi connectivity index (χ3v) is 1.61. The van der Waals surface area contributed by atoms with E-state index in [4.69, 9.17) is 15.2 Å². The minimum absolute atomic E-state index is 0.111. The van der Waals surface area contributed by atoms with Crippen molar-refractivity contribution in [2.75, 3.05) is 25.5 Å². The van der Waals surface area contributed by atoms with Crippen molar-refractivity contribution in [3.63, 3.8) is 0 Å². The van der Waals surface area contributed by atoms with Crippen molar-refractivity contribution in [3.05, 3.63) is 27.7 Å². The van der Waals surface area contributed by atoms with Gasteiger partial charge in [0.15, 0.2) is 6.29 Å². The number of hydrogen-bond donors (Lipinski definition) is 2. The summed E-state index contributed by atoms with van der Waals surface area (Å²) in [6.07, 6.45) is 0.987. The van der Waals surface area contributed by atoms with Crippen LogP contribution in [0, 0.1) is 4.91 Å². The molecule has 8 heteroatoms. The molecule has 16 heavy (non-hydrogen) atoms. The molecule has 0 aromatic carbocycles. The van der Waals surface area contributed by atoms with Gasteiger partial charge in [0.2, 0.25) is 0 Å². The van der Waals surface area contributed by atoms with E-state index in [1.54, 1.807) is 0 Å². The standard InChI is InChI=1S/C4H5N3O.C4H7NO3/c5-3-1-2-6-4(8)7-3;6-5-3-4-7-1-2-8-4/h1-2H,(H3,5,6,7,8);4H,1-3H2. The molecule has 0 atom stereocenters. The number of nitrogens with one attached hydrogen (secondary N) is 1. The lowest BCUT2D eigenvalue weighted by Gasteiger charge is -1.99.